The van der Waals surface area contributed by atoms with Crippen molar-refractivity contribution in [1.82, 2.24) is 0 Å². The van der Waals surface area contributed by atoms with Gasteiger partial charge in [0.1, 0.15) is 18.7 Å². The molecule has 2 bridgehead atoms. The van der Waals surface area contributed by atoms with Crippen LogP contribution in [0.3, 0.4) is 0 Å². The monoisotopic (exact) mass is 404 g/mol. The van der Waals surface area contributed by atoms with Crippen LogP contribution in [0.2, 0.25) is 0 Å². The number of hydrogen-bond acceptors (Lipinski definition) is 5. The summed E-state index contributed by atoms with van der Waals surface area (Å²) in [4.78, 5) is 25.4. The molecule has 0 heterocycles. The van der Waals surface area contributed by atoms with Crippen LogP contribution in [0.25, 0.3) is 0 Å². The van der Waals surface area contributed by atoms with E-state index in [0.29, 0.717) is 11.7 Å². The predicted octanol–water partition coefficient (Wildman–Crippen LogP) is 4.30. The van der Waals surface area contributed by atoms with E-state index in [1.54, 1.807) is 7.11 Å². The molecular formula is C24H36O5. The van der Waals surface area contributed by atoms with Crippen LogP contribution in [0, 0.1) is 34.0 Å². The molecule has 4 fully saturated rings. The fraction of sp³-hybridized carbons (Fsp3) is 0.833. The molecule has 0 aromatic heterocycles. The van der Waals surface area contributed by atoms with Gasteiger partial charge in [0.2, 0.25) is 0 Å². The molecule has 4 saturated carbocycles. The van der Waals surface area contributed by atoms with Crippen molar-refractivity contribution in [2.45, 2.75) is 78.4 Å². The van der Waals surface area contributed by atoms with Gasteiger partial charge in [0.05, 0.1) is 11.5 Å². The Morgan fingerprint density at radius 1 is 1.14 bits per heavy atom. The molecule has 4 rings (SSSR count). The predicted molar refractivity (Wildman–Crippen MR) is 109 cm³/mol. The molecule has 0 aromatic rings. The van der Waals surface area contributed by atoms with Crippen molar-refractivity contribution in [2.24, 2.45) is 34.0 Å². The van der Waals surface area contributed by atoms with Crippen LogP contribution in [-0.4, -0.2) is 37.9 Å². The highest BCUT2D eigenvalue weighted by Crippen LogP contribution is 2.71. The third kappa shape index (κ3) is 2.79. The third-order valence-corrected chi connectivity index (χ3v) is 9.14. The molecule has 0 amide bonds. The van der Waals surface area contributed by atoms with E-state index in [2.05, 4.69) is 27.4 Å². The highest BCUT2D eigenvalue weighted by atomic mass is 16.7. The molecule has 3 unspecified atom stereocenters. The first kappa shape index (κ1) is 21.0. The van der Waals surface area contributed by atoms with E-state index < -0.39 is 5.41 Å². The lowest BCUT2D eigenvalue weighted by Gasteiger charge is -2.66. The van der Waals surface area contributed by atoms with Gasteiger partial charge in [-0.25, -0.2) is 0 Å². The number of fused-ring (bicyclic) bond motifs is 3. The molecule has 7 atom stereocenters. The lowest BCUT2D eigenvalue weighted by Crippen LogP contribution is -2.66. The van der Waals surface area contributed by atoms with Gasteiger partial charge < -0.3 is 14.2 Å². The Kier molecular flexibility index (Phi) is 5.02. The first-order chi connectivity index (χ1) is 13.6. The fourth-order valence-electron chi connectivity index (χ4n) is 7.99. The van der Waals surface area contributed by atoms with Gasteiger partial charge >= 0.3 is 5.97 Å². The molecule has 4 aliphatic rings. The van der Waals surface area contributed by atoms with Gasteiger partial charge in [0.25, 0.3) is 0 Å². The summed E-state index contributed by atoms with van der Waals surface area (Å²) in [5.41, 5.74) is 0.482. The second-order valence-electron chi connectivity index (χ2n) is 10.7. The Labute approximate surface area is 174 Å². The number of carbonyl (C=O) groups is 2. The van der Waals surface area contributed by atoms with Gasteiger partial charge in [-0.1, -0.05) is 32.9 Å². The molecule has 29 heavy (non-hydrogen) atoms. The van der Waals surface area contributed by atoms with Gasteiger partial charge in [-0.2, -0.15) is 0 Å². The summed E-state index contributed by atoms with van der Waals surface area (Å²) >= 11 is 0. The molecule has 1 spiro atoms. The Morgan fingerprint density at radius 2 is 1.86 bits per heavy atom. The summed E-state index contributed by atoms with van der Waals surface area (Å²) in [5, 5.41) is 0. The molecule has 0 N–H and O–H groups in total. The number of carbonyl (C=O) groups excluding carboxylic acids is 2. The third-order valence-electron chi connectivity index (χ3n) is 9.14. The number of Topliss-reactive ketones (excluding diaryl/α,β-unsaturated/α-hetero) is 1. The van der Waals surface area contributed by atoms with Gasteiger partial charge in [-0.15, -0.1) is 0 Å². The average molecular weight is 405 g/mol. The van der Waals surface area contributed by atoms with Crippen LogP contribution in [-0.2, 0) is 23.8 Å². The van der Waals surface area contributed by atoms with Crippen LogP contribution in [0.5, 0.6) is 0 Å². The standard InChI is InChI=1S/C24H36O5/c1-14-12-24-17(8-7-16(14)21(24)26)23(5)10-9-19(29-15(2)25)22(3,4)18(23)11-20(24)28-13-27-6/h16-20H,1,7-13H2,2-6H3/t16-,17?,18+,19?,20+,23?,24-/m0/s1. The second kappa shape index (κ2) is 6.91. The minimum atomic E-state index is -0.464. The summed E-state index contributed by atoms with van der Waals surface area (Å²) in [6, 6.07) is 0. The maximum Gasteiger partial charge on any atom is 0.302 e. The second-order valence-corrected chi connectivity index (χ2v) is 10.7. The van der Waals surface area contributed by atoms with Gasteiger partial charge in [-0.05, 0) is 55.8 Å². The van der Waals surface area contributed by atoms with Crippen LogP contribution in [0.4, 0.5) is 0 Å². The number of ether oxygens (including phenoxy) is 3. The van der Waals surface area contributed by atoms with Gasteiger partial charge in [0, 0.05) is 25.4 Å². The van der Waals surface area contributed by atoms with E-state index in [1.807, 2.05) is 0 Å². The fourth-order valence-corrected chi connectivity index (χ4v) is 7.99. The van der Waals surface area contributed by atoms with Crippen LogP contribution in [0.15, 0.2) is 12.2 Å². The number of rotatable bonds is 4. The SMILES string of the molecule is C=C1C[C@]23C(=O)[C@H]1CCC2C1(C)CCC(OC(C)=O)C(C)(C)[C@H]1C[C@H]3OCOC. The average Bonchev–Trinajstić information content (AvgIpc) is 2.78. The van der Waals surface area contributed by atoms with Crippen LogP contribution in [0.1, 0.15) is 66.2 Å². The number of ketones is 1. The van der Waals surface area contributed by atoms with Gasteiger partial charge in [0.15, 0.2) is 0 Å². The largest absolute Gasteiger partial charge is 0.462 e. The van der Waals surface area contributed by atoms with Crippen molar-refractivity contribution >= 4 is 11.8 Å². The molecule has 4 aliphatic carbocycles. The molecule has 162 valence electrons. The molecule has 0 aromatic carbocycles. The topological polar surface area (TPSA) is 61.8 Å². The first-order valence-electron chi connectivity index (χ1n) is 11.1. The Bertz CT molecular complexity index is 727. The summed E-state index contributed by atoms with van der Waals surface area (Å²) < 4.78 is 17.3. The summed E-state index contributed by atoms with van der Waals surface area (Å²) in [7, 11) is 1.63. The molecule has 0 saturated heterocycles. The minimum Gasteiger partial charge on any atom is -0.462 e. The summed E-state index contributed by atoms with van der Waals surface area (Å²) in [6.45, 7) is 12.8. The number of esters is 1. The van der Waals surface area contributed by atoms with E-state index in [4.69, 9.17) is 14.2 Å². The lowest BCUT2D eigenvalue weighted by molar-refractivity contribution is -0.239. The molecule has 0 aliphatic heterocycles. The normalized spacial score (nSPS) is 45.5. The summed E-state index contributed by atoms with van der Waals surface area (Å²) in [5.74, 6) is 0.735. The molecule has 5 nitrogen and oxygen atoms in total. The Balaban J connectivity index is 1.77. The van der Waals surface area contributed by atoms with Crippen molar-refractivity contribution in [1.29, 1.82) is 0 Å². The van der Waals surface area contributed by atoms with E-state index in [0.717, 1.165) is 44.1 Å². The molecule has 5 heteroatoms. The minimum absolute atomic E-state index is 0.00504. The zero-order valence-corrected chi connectivity index (χ0v) is 18.6. The van der Waals surface area contributed by atoms with Crippen LogP contribution >= 0.6 is 0 Å². The highest BCUT2D eigenvalue weighted by molar-refractivity contribution is 5.94. The number of methoxy groups -OCH3 is 1. The summed E-state index contributed by atoms with van der Waals surface area (Å²) in [6.07, 6.45) is 5.08. The first-order valence-corrected chi connectivity index (χ1v) is 11.1. The van der Waals surface area contributed by atoms with Crippen molar-refractivity contribution in [2.75, 3.05) is 13.9 Å². The Morgan fingerprint density at radius 3 is 2.52 bits per heavy atom. The van der Waals surface area contributed by atoms with Crippen LogP contribution < -0.4 is 0 Å². The maximum atomic E-state index is 13.7. The highest BCUT2D eigenvalue weighted by Gasteiger charge is 2.71. The smallest absolute Gasteiger partial charge is 0.302 e. The quantitative estimate of drug-likeness (QED) is 0.397. The van der Waals surface area contributed by atoms with E-state index >= 15 is 0 Å². The zero-order valence-electron chi connectivity index (χ0n) is 18.6. The van der Waals surface area contributed by atoms with Crippen molar-refractivity contribution < 1.29 is 23.8 Å². The van der Waals surface area contributed by atoms with E-state index in [1.165, 1.54) is 6.92 Å². The van der Waals surface area contributed by atoms with Crippen molar-refractivity contribution in [3.05, 3.63) is 12.2 Å². The zero-order chi connectivity index (χ0) is 21.2. The van der Waals surface area contributed by atoms with E-state index in [9.17, 15) is 9.59 Å². The molecule has 0 radical (unpaired) electrons. The lowest BCUT2D eigenvalue weighted by atomic mass is 9.40. The van der Waals surface area contributed by atoms with Crippen molar-refractivity contribution in [3.8, 4) is 0 Å². The van der Waals surface area contributed by atoms with E-state index in [-0.39, 0.29) is 47.6 Å². The number of allylic oxidation sites excluding steroid dienone is 1. The molecular weight excluding hydrogens is 368 g/mol. The Hall–Kier alpha value is -1.20. The van der Waals surface area contributed by atoms with Crippen molar-refractivity contribution in [3.63, 3.8) is 0 Å². The maximum absolute atomic E-state index is 13.7. The number of hydrogen-bond donors (Lipinski definition) is 0. The van der Waals surface area contributed by atoms with Gasteiger partial charge in [-0.3, -0.25) is 9.59 Å².